The van der Waals surface area contributed by atoms with Gasteiger partial charge in [-0.25, -0.2) is 0 Å². The SMILES string of the molecule is c1ccc2c(-c3ccc4ccccc4c3-c3nccc4ccccc34)cccc2c1. The fourth-order valence-electron chi connectivity index (χ4n) is 4.53. The van der Waals surface area contributed by atoms with E-state index < -0.39 is 0 Å². The fourth-order valence-corrected chi connectivity index (χ4v) is 4.53. The molecule has 1 aromatic heterocycles. The van der Waals surface area contributed by atoms with Crippen LogP contribution in [0.15, 0.2) is 115 Å². The lowest BCUT2D eigenvalue weighted by Gasteiger charge is -2.16. The molecule has 0 amide bonds. The van der Waals surface area contributed by atoms with E-state index in [-0.39, 0.29) is 0 Å². The van der Waals surface area contributed by atoms with Crippen LogP contribution in [0, 0.1) is 0 Å². The molecular weight excluding hydrogens is 362 g/mol. The minimum Gasteiger partial charge on any atom is -0.256 e. The molecular formula is C29H19N. The van der Waals surface area contributed by atoms with Crippen LogP contribution in [-0.2, 0) is 0 Å². The van der Waals surface area contributed by atoms with E-state index >= 15 is 0 Å². The molecule has 0 saturated carbocycles. The van der Waals surface area contributed by atoms with Gasteiger partial charge in [0.15, 0.2) is 0 Å². The Kier molecular flexibility index (Phi) is 3.85. The smallest absolute Gasteiger partial charge is 0.0792 e. The van der Waals surface area contributed by atoms with Crippen LogP contribution < -0.4 is 0 Å². The van der Waals surface area contributed by atoms with Gasteiger partial charge in [0, 0.05) is 17.1 Å². The van der Waals surface area contributed by atoms with Gasteiger partial charge in [0.05, 0.1) is 5.69 Å². The zero-order chi connectivity index (χ0) is 19.9. The molecule has 5 aromatic carbocycles. The molecule has 0 fully saturated rings. The van der Waals surface area contributed by atoms with E-state index in [4.69, 9.17) is 4.98 Å². The lowest BCUT2D eigenvalue weighted by molar-refractivity contribution is 1.36. The third-order valence-electron chi connectivity index (χ3n) is 5.92. The van der Waals surface area contributed by atoms with Crippen LogP contribution in [0.3, 0.4) is 0 Å². The topological polar surface area (TPSA) is 12.9 Å². The first-order chi connectivity index (χ1) is 14.9. The van der Waals surface area contributed by atoms with Crippen molar-refractivity contribution in [2.75, 3.05) is 0 Å². The summed E-state index contributed by atoms with van der Waals surface area (Å²) in [6.07, 6.45) is 1.92. The van der Waals surface area contributed by atoms with E-state index in [1.807, 2.05) is 6.20 Å². The van der Waals surface area contributed by atoms with Crippen LogP contribution >= 0.6 is 0 Å². The molecule has 0 aliphatic carbocycles. The highest BCUT2D eigenvalue weighted by atomic mass is 14.7. The maximum Gasteiger partial charge on any atom is 0.0792 e. The Hall–Kier alpha value is -3.97. The summed E-state index contributed by atoms with van der Waals surface area (Å²) in [6, 6.07) is 38.8. The van der Waals surface area contributed by atoms with Crippen molar-refractivity contribution in [2.24, 2.45) is 0 Å². The second kappa shape index (κ2) is 6.82. The zero-order valence-corrected chi connectivity index (χ0v) is 16.4. The van der Waals surface area contributed by atoms with Gasteiger partial charge in [-0.3, -0.25) is 4.98 Å². The van der Waals surface area contributed by atoms with Crippen LogP contribution in [0.5, 0.6) is 0 Å². The van der Waals surface area contributed by atoms with Crippen molar-refractivity contribution in [3.8, 4) is 22.4 Å². The molecule has 0 aliphatic heterocycles. The van der Waals surface area contributed by atoms with Gasteiger partial charge in [0.25, 0.3) is 0 Å². The first kappa shape index (κ1) is 16.9. The summed E-state index contributed by atoms with van der Waals surface area (Å²) in [5.74, 6) is 0. The maximum absolute atomic E-state index is 4.89. The number of aromatic nitrogens is 1. The van der Waals surface area contributed by atoms with E-state index in [9.17, 15) is 0 Å². The van der Waals surface area contributed by atoms with Gasteiger partial charge in [-0.2, -0.15) is 0 Å². The number of fused-ring (bicyclic) bond motifs is 3. The van der Waals surface area contributed by atoms with Gasteiger partial charge in [-0.1, -0.05) is 103 Å². The number of pyridine rings is 1. The normalized spacial score (nSPS) is 11.3. The van der Waals surface area contributed by atoms with Crippen molar-refractivity contribution in [3.63, 3.8) is 0 Å². The number of benzene rings is 5. The summed E-state index contributed by atoms with van der Waals surface area (Å²) in [5.41, 5.74) is 4.69. The predicted molar refractivity (Wildman–Crippen MR) is 128 cm³/mol. The predicted octanol–water partition coefficient (Wildman–Crippen LogP) is 7.88. The van der Waals surface area contributed by atoms with Crippen molar-refractivity contribution in [3.05, 3.63) is 115 Å². The van der Waals surface area contributed by atoms with Crippen molar-refractivity contribution in [1.29, 1.82) is 0 Å². The second-order valence-corrected chi connectivity index (χ2v) is 7.62. The van der Waals surface area contributed by atoms with Gasteiger partial charge in [0.2, 0.25) is 0 Å². The second-order valence-electron chi connectivity index (χ2n) is 7.62. The molecule has 140 valence electrons. The van der Waals surface area contributed by atoms with E-state index in [0.29, 0.717) is 0 Å². The van der Waals surface area contributed by atoms with Crippen LogP contribution in [-0.4, -0.2) is 4.98 Å². The third-order valence-corrected chi connectivity index (χ3v) is 5.92. The first-order valence-corrected chi connectivity index (χ1v) is 10.2. The molecule has 30 heavy (non-hydrogen) atoms. The summed E-state index contributed by atoms with van der Waals surface area (Å²) in [4.78, 5) is 4.89. The summed E-state index contributed by atoms with van der Waals surface area (Å²) in [6.45, 7) is 0. The summed E-state index contributed by atoms with van der Waals surface area (Å²) < 4.78 is 0. The molecule has 0 radical (unpaired) electrons. The Morgan fingerprint density at radius 3 is 1.80 bits per heavy atom. The Balaban J connectivity index is 1.79. The molecule has 0 bridgehead atoms. The third kappa shape index (κ3) is 2.60. The van der Waals surface area contributed by atoms with Gasteiger partial charge in [-0.15, -0.1) is 0 Å². The molecule has 1 nitrogen and oxygen atoms in total. The van der Waals surface area contributed by atoms with Gasteiger partial charge >= 0.3 is 0 Å². The average molecular weight is 381 g/mol. The number of nitrogens with zero attached hydrogens (tertiary/aromatic N) is 1. The molecule has 0 atom stereocenters. The highest BCUT2D eigenvalue weighted by Gasteiger charge is 2.16. The van der Waals surface area contributed by atoms with E-state index in [1.54, 1.807) is 0 Å². The molecule has 6 rings (SSSR count). The standard InChI is InChI=1S/C29H19N/c1-4-12-23-20(8-1)11-7-15-26(23)27-17-16-21-9-2-5-13-24(21)28(27)29-25-14-6-3-10-22(25)18-19-30-29/h1-19H. The monoisotopic (exact) mass is 381 g/mol. The maximum atomic E-state index is 4.89. The molecule has 0 unspecified atom stereocenters. The summed E-state index contributed by atoms with van der Waals surface area (Å²) in [5, 5.41) is 7.35. The van der Waals surface area contributed by atoms with Crippen molar-refractivity contribution >= 4 is 32.3 Å². The fraction of sp³-hybridized carbons (Fsp3) is 0. The number of hydrogen-bond donors (Lipinski definition) is 0. The molecule has 1 heteroatoms. The van der Waals surface area contributed by atoms with Crippen LogP contribution in [0.2, 0.25) is 0 Å². The van der Waals surface area contributed by atoms with Crippen LogP contribution in [0.25, 0.3) is 54.7 Å². The van der Waals surface area contributed by atoms with Crippen molar-refractivity contribution in [1.82, 2.24) is 4.98 Å². The molecule has 1 heterocycles. The highest BCUT2D eigenvalue weighted by molar-refractivity contribution is 6.12. The lowest BCUT2D eigenvalue weighted by atomic mass is 9.88. The van der Waals surface area contributed by atoms with Crippen LogP contribution in [0.4, 0.5) is 0 Å². The Bertz CT molecular complexity index is 1530. The molecule has 0 saturated heterocycles. The lowest BCUT2D eigenvalue weighted by Crippen LogP contribution is -1.92. The van der Waals surface area contributed by atoms with Gasteiger partial charge < -0.3 is 0 Å². The average Bonchev–Trinajstić information content (AvgIpc) is 2.83. The van der Waals surface area contributed by atoms with E-state index in [2.05, 4.69) is 109 Å². The van der Waals surface area contributed by atoms with Gasteiger partial charge in [0.1, 0.15) is 0 Å². The Labute approximate surface area is 175 Å². The van der Waals surface area contributed by atoms with Crippen molar-refractivity contribution < 1.29 is 0 Å². The molecule has 0 N–H and O–H groups in total. The van der Waals surface area contributed by atoms with E-state index in [0.717, 1.165) is 5.69 Å². The van der Waals surface area contributed by atoms with Gasteiger partial charge in [-0.05, 0) is 44.1 Å². The molecule has 0 aliphatic rings. The Morgan fingerprint density at radius 1 is 0.400 bits per heavy atom. The molecule has 0 spiro atoms. The zero-order valence-electron chi connectivity index (χ0n) is 16.4. The quantitative estimate of drug-likeness (QED) is 0.297. The van der Waals surface area contributed by atoms with Crippen LogP contribution in [0.1, 0.15) is 0 Å². The summed E-state index contributed by atoms with van der Waals surface area (Å²) >= 11 is 0. The summed E-state index contributed by atoms with van der Waals surface area (Å²) in [7, 11) is 0. The minimum absolute atomic E-state index is 1.04. The number of hydrogen-bond acceptors (Lipinski definition) is 1. The first-order valence-electron chi connectivity index (χ1n) is 10.2. The largest absolute Gasteiger partial charge is 0.256 e. The highest BCUT2D eigenvalue weighted by Crippen LogP contribution is 2.41. The Morgan fingerprint density at radius 2 is 1.00 bits per heavy atom. The molecule has 6 aromatic rings. The van der Waals surface area contributed by atoms with E-state index in [1.165, 1.54) is 49.0 Å². The number of rotatable bonds is 2. The minimum atomic E-state index is 1.04. The van der Waals surface area contributed by atoms with Crippen molar-refractivity contribution in [2.45, 2.75) is 0 Å².